The number of amides is 2. The number of urea groups is 1. The van der Waals surface area contributed by atoms with Crippen LogP contribution < -0.4 is 0 Å². The van der Waals surface area contributed by atoms with Gasteiger partial charge < -0.3 is 19.6 Å². The topological polar surface area (TPSA) is 70.1 Å². The normalized spacial score (nSPS) is 14.3. The zero-order valence-electron chi connectivity index (χ0n) is 20.4. The Morgan fingerprint density at radius 3 is 2.00 bits per heavy atom. The summed E-state index contributed by atoms with van der Waals surface area (Å²) in [5.41, 5.74) is 7.01. The van der Waals surface area contributed by atoms with E-state index in [9.17, 15) is 14.7 Å². The molecule has 1 heterocycles. The van der Waals surface area contributed by atoms with Crippen LogP contribution in [-0.2, 0) is 22.6 Å². The second kappa shape index (κ2) is 8.58. The van der Waals surface area contributed by atoms with Crippen LogP contribution in [0.5, 0.6) is 0 Å². The van der Waals surface area contributed by atoms with E-state index in [0.717, 1.165) is 38.9 Å². The van der Waals surface area contributed by atoms with Crippen LogP contribution in [0.4, 0.5) is 4.79 Å². The Morgan fingerprint density at radius 1 is 1.00 bits per heavy atom. The number of rotatable bonds is 4. The first-order valence-corrected chi connectivity index (χ1v) is 10.9. The van der Waals surface area contributed by atoms with Gasteiger partial charge in [0.05, 0.1) is 5.60 Å². The SMILES string of the molecule is Cc1ccc(-c2c(C)c3c(c(C)c2[C@H](OC(C)(C)C)C(=O)O)CN(C(=O)N(C)C)C3)cc1. The van der Waals surface area contributed by atoms with Gasteiger partial charge in [0.15, 0.2) is 6.10 Å². The third kappa shape index (κ3) is 4.51. The molecule has 1 atom stereocenters. The number of benzene rings is 2. The third-order valence-electron chi connectivity index (χ3n) is 5.97. The number of aryl methyl sites for hydroxylation is 1. The molecule has 1 aliphatic heterocycles. The molecule has 6 heteroatoms. The van der Waals surface area contributed by atoms with Gasteiger partial charge in [-0.05, 0) is 74.9 Å². The highest BCUT2D eigenvalue weighted by molar-refractivity contribution is 5.85. The molecule has 0 bridgehead atoms. The standard InChI is InChI=1S/C26H34N2O4/c1-15-9-11-18(12-10-15)21-16(2)19-13-28(25(31)27(7)8)14-20(19)17(3)22(21)23(24(29)30)32-26(4,5)6/h9-12,23H,13-14H2,1-8H3,(H,29,30)/t23-/m0/s1. The van der Waals surface area contributed by atoms with Crippen molar-refractivity contribution < 1.29 is 19.4 Å². The second-order valence-corrected chi connectivity index (χ2v) is 9.84. The number of carbonyl (C=O) groups is 2. The highest BCUT2D eigenvalue weighted by Gasteiger charge is 2.36. The Kier molecular flexibility index (Phi) is 6.38. The fourth-order valence-electron chi connectivity index (χ4n) is 4.45. The number of ether oxygens (including phenoxy) is 1. The van der Waals surface area contributed by atoms with E-state index in [2.05, 4.69) is 0 Å². The fourth-order valence-corrected chi connectivity index (χ4v) is 4.45. The number of carbonyl (C=O) groups excluding carboxylic acids is 1. The summed E-state index contributed by atoms with van der Waals surface area (Å²) >= 11 is 0. The monoisotopic (exact) mass is 438 g/mol. The molecule has 0 fully saturated rings. The number of aliphatic carboxylic acids is 1. The summed E-state index contributed by atoms with van der Waals surface area (Å²) in [6, 6.07) is 8.06. The van der Waals surface area contributed by atoms with Gasteiger partial charge in [0.2, 0.25) is 0 Å². The van der Waals surface area contributed by atoms with Crippen LogP contribution in [0, 0.1) is 20.8 Å². The minimum atomic E-state index is -1.12. The summed E-state index contributed by atoms with van der Waals surface area (Å²) in [6.07, 6.45) is -1.12. The summed E-state index contributed by atoms with van der Waals surface area (Å²) in [5.74, 6) is -1.02. The van der Waals surface area contributed by atoms with Crippen molar-refractivity contribution in [3.63, 3.8) is 0 Å². The Morgan fingerprint density at radius 2 is 1.53 bits per heavy atom. The number of fused-ring (bicyclic) bond motifs is 1. The van der Waals surface area contributed by atoms with E-state index in [4.69, 9.17) is 4.74 Å². The molecule has 0 radical (unpaired) electrons. The molecule has 0 spiro atoms. The summed E-state index contributed by atoms with van der Waals surface area (Å²) < 4.78 is 6.09. The number of hydrogen-bond acceptors (Lipinski definition) is 3. The largest absolute Gasteiger partial charge is 0.479 e. The Hall–Kier alpha value is -2.86. The van der Waals surface area contributed by atoms with E-state index < -0.39 is 17.7 Å². The van der Waals surface area contributed by atoms with Gasteiger partial charge in [-0.15, -0.1) is 0 Å². The molecule has 2 amide bonds. The Bertz CT molecular complexity index is 1050. The molecule has 0 aromatic heterocycles. The molecule has 0 aliphatic carbocycles. The van der Waals surface area contributed by atoms with E-state index in [0.29, 0.717) is 18.7 Å². The predicted octanol–water partition coefficient (Wildman–Crippen LogP) is 5.22. The van der Waals surface area contributed by atoms with Gasteiger partial charge in [-0.1, -0.05) is 29.8 Å². The molecule has 0 saturated carbocycles. The van der Waals surface area contributed by atoms with Crippen molar-refractivity contribution in [2.24, 2.45) is 0 Å². The number of nitrogens with zero attached hydrogens (tertiary/aromatic N) is 2. The third-order valence-corrected chi connectivity index (χ3v) is 5.97. The summed E-state index contributed by atoms with van der Waals surface area (Å²) in [6.45, 7) is 12.6. The quantitative estimate of drug-likeness (QED) is 0.711. The minimum absolute atomic E-state index is 0.0563. The van der Waals surface area contributed by atoms with Crippen molar-refractivity contribution in [3.05, 3.63) is 57.6 Å². The molecule has 1 N–H and O–H groups in total. The average Bonchev–Trinajstić information content (AvgIpc) is 3.14. The molecule has 2 aromatic carbocycles. The van der Waals surface area contributed by atoms with Crippen LogP contribution in [0.15, 0.2) is 24.3 Å². The number of carboxylic acids is 1. The molecule has 1 aliphatic rings. The van der Waals surface area contributed by atoms with Gasteiger partial charge in [-0.25, -0.2) is 9.59 Å². The molecule has 0 unspecified atom stereocenters. The van der Waals surface area contributed by atoms with Gasteiger partial charge in [-0.2, -0.15) is 0 Å². The van der Waals surface area contributed by atoms with Crippen LogP contribution in [0.25, 0.3) is 11.1 Å². The lowest BCUT2D eigenvalue weighted by Crippen LogP contribution is -2.35. The lowest BCUT2D eigenvalue weighted by Gasteiger charge is -2.29. The van der Waals surface area contributed by atoms with E-state index in [1.807, 2.05) is 65.8 Å². The van der Waals surface area contributed by atoms with Crippen molar-refractivity contribution in [2.45, 2.75) is 66.3 Å². The maximum atomic E-state index is 12.7. The zero-order chi connectivity index (χ0) is 24.0. The smallest absolute Gasteiger partial charge is 0.337 e. The van der Waals surface area contributed by atoms with Crippen molar-refractivity contribution in [2.75, 3.05) is 14.1 Å². The van der Waals surface area contributed by atoms with Crippen LogP contribution in [0.1, 0.15) is 60.3 Å². The van der Waals surface area contributed by atoms with Gasteiger partial charge in [0, 0.05) is 32.7 Å². The average molecular weight is 439 g/mol. The van der Waals surface area contributed by atoms with Gasteiger partial charge in [0.1, 0.15) is 0 Å². The van der Waals surface area contributed by atoms with Crippen LogP contribution in [0.3, 0.4) is 0 Å². The molecule has 6 nitrogen and oxygen atoms in total. The van der Waals surface area contributed by atoms with Gasteiger partial charge in [0.25, 0.3) is 0 Å². The van der Waals surface area contributed by atoms with Crippen molar-refractivity contribution >= 4 is 12.0 Å². The predicted molar refractivity (Wildman–Crippen MR) is 126 cm³/mol. The molecule has 32 heavy (non-hydrogen) atoms. The van der Waals surface area contributed by atoms with E-state index >= 15 is 0 Å². The highest BCUT2D eigenvalue weighted by atomic mass is 16.5. The van der Waals surface area contributed by atoms with Crippen LogP contribution in [-0.4, -0.2) is 46.6 Å². The first-order valence-electron chi connectivity index (χ1n) is 10.9. The lowest BCUT2D eigenvalue weighted by atomic mass is 9.83. The molecule has 172 valence electrons. The maximum Gasteiger partial charge on any atom is 0.337 e. The Balaban J connectivity index is 2.29. The van der Waals surface area contributed by atoms with E-state index in [1.54, 1.807) is 23.9 Å². The maximum absolute atomic E-state index is 12.7. The fraction of sp³-hybridized carbons (Fsp3) is 0.462. The van der Waals surface area contributed by atoms with Gasteiger partial charge in [-0.3, -0.25) is 0 Å². The molecule has 2 aromatic rings. The minimum Gasteiger partial charge on any atom is -0.479 e. The van der Waals surface area contributed by atoms with E-state index in [1.165, 1.54) is 0 Å². The lowest BCUT2D eigenvalue weighted by molar-refractivity contribution is -0.160. The Labute approximate surface area is 190 Å². The van der Waals surface area contributed by atoms with E-state index in [-0.39, 0.29) is 6.03 Å². The van der Waals surface area contributed by atoms with Crippen LogP contribution >= 0.6 is 0 Å². The molecule has 0 saturated heterocycles. The van der Waals surface area contributed by atoms with Crippen molar-refractivity contribution in [3.8, 4) is 11.1 Å². The van der Waals surface area contributed by atoms with Crippen molar-refractivity contribution in [1.29, 1.82) is 0 Å². The first-order chi connectivity index (χ1) is 14.8. The number of hydrogen-bond donors (Lipinski definition) is 1. The van der Waals surface area contributed by atoms with Crippen LogP contribution in [0.2, 0.25) is 0 Å². The summed E-state index contributed by atoms with van der Waals surface area (Å²) in [4.78, 5) is 28.5. The molecular weight excluding hydrogens is 404 g/mol. The zero-order valence-corrected chi connectivity index (χ0v) is 20.4. The summed E-state index contributed by atoms with van der Waals surface area (Å²) in [5, 5.41) is 10.2. The number of carboxylic acid groups (broad SMARTS) is 1. The highest BCUT2D eigenvalue weighted by Crippen LogP contribution is 2.43. The van der Waals surface area contributed by atoms with Crippen molar-refractivity contribution in [1.82, 2.24) is 9.80 Å². The van der Waals surface area contributed by atoms with Gasteiger partial charge >= 0.3 is 12.0 Å². The molecule has 3 rings (SSSR count). The summed E-state index contributed by atoms with van der Waals surface area (Å²) in [7, 11) is 3.48. The second-order valence-electron chi connectivity index (χ2n) is 9.84. The first kappa shape index (κ1) is 23.8. The molecular formula is C26H34N2O4.